The summed E-state index contributed by atoms with van der Waals surface area (Å²) < 4.78 is 0. The molecule has 2 amide bonds. The van der Waals surface area contributed by atoms with Crippen molar-refractivity contribution in [3.8, 4) is 0 Å². The number of quaternary nitrogens is 1. The average molecular weight is 409 g/mol. The molecule has 0 saturated heterocycles. The number of hydrogen-bond acceptors (Lipinski definition) is 2. The van der Waals surface area contributed by atoms with E-state index >= 15 is 0 Å². The van der Waals surface area contributed by atoms with Crippen LogP contribution in [0.2, 0.25) is 5.02 Å². The zero-order valence-corrected chi connectivity index (χ0v) is 16.8. The molecule has 3 rings (SSSR count). The molecule has 3 aromatic rings. The number of para-hydroxylation sites is 2. The van der Waals surface area contributed by atoms with Gasteiger partial charge in [-0.3, -0.25) is 9.59 Å². The Balaban J connectivity index is 1.62. The fourth-order valence-electron chi connectivity index (χ4n) is 2.97. The first-order valence-electron chi connectivity index (χ1n) is 9.37. The van der Waals surface area contributed by atoms with Crippen molar-refractivity contribution in [1.29, 1.82) is 0 Å². The second-order valence-corrected chi connectivity index (χ2v) is 7.07. The summed E-state index contributed by atoms with van der Waals surface area (Å²) in [7, 11) is 0. The number of rotatable bonds is 7. The molecule has 6 heteroatoms. The van der Waals surface area contributed by atoms with Gasteiger partial charge < -0.3 is 16.0 Å². The van der Waals surface area contributed by atoms with Crippen LogP contribution in [0.15, 0.2) is 78.9 Å². The molecule has 0 radical (unpaired) electrons. The van der Waals surface area contributed by atoms with E-state index in [1.807, 2.05) is 66.8 Å². The van der Waals surface area contributed by atoms with Gasteiger partial charge in [0.05, 0.1) is 11.3 Å². The van der Waals surface area contributed by atoms with Crippen LogP contribution in [-0.4, -0.2) is 18.4 Å². The SMILES string of the molecule is C[C@H]([NH2+]CC(=O)Nc1ccccc1C(=O)Nc1ccccc1)c1ccccc1Cl. The molecule has 0 fully saturated rings. The summed E-state index contributed by atoms with van der Waals surface area (Å²) in [5.74, 6) is -0.468. The first-order chi connectivity index (χ1) is 14.0. The van der Waals surface area contributed by atoms with Gasteiger partial charge in [0.2, 0.25) is 0 Å². The molecule has 0 heterocycles. The van der Waals surface area contributed by atoms with Crippen molar-refractivity contribution in [2.45, 2.75) is 13.0 Å². The Morgan fingerprint density at radius 2 is 1.55 bits per heavy atom. The third-order valence-corrected chi connectivity index (χ3v) is 4.87. The van der Waals surface area contributed by atoms with Gasteiger partial charge >= 0.3 is 0 Å². The van der Waals surface area contributed by atoms with Gasteiger partial charge in [-0.2, -0.15) is 0 Å². The van der Waals surface area contributed by atoms with Crippen LogP contribution in [0.25, 0.3) is 0 Å². The van der Waals surface area contributed by atoms with Gasteiger partial charge in [-0.1, -0.05) is 60.1 Å². The third-order valence-electron chi connectivity index (χ3n) is 4.53. The van der Waals surface area contributed by atoms with Crippen molar-refractivity contribution in [2.75, 3.05) is 17.2 Å². The van der Waals surface area contributed by atoms with E-state index in [9.17, 15) is 9.59 Å². The Morgan fingerprint density at radius 1 is 0.897 bits per heavy atom. The van der Waals surface area contributed by atoms with E-state index in [1.54, 1.807) is 24.3 Å². The maximum Gasteiger partial charge on any atom is 0.279 e. The molecular weight excluding hydrogens is 386 g/mol. The fraction of sp³-hybridized carbons (Fsp3) is 0.130. The predicted octanol–water partition coefficient (Wildman–Crippen LogP) is 3.86. The van der Waals surface area contributed by atoms with E-state index in [-0.39, 0.29) is 24.4 Å². The molecule has 0 aliphatic carbocycles. The average Bonchev–Trinajstić information content (AvgIpc) is 2.73. The molecule has 0 aromatic heterocycles. The summed E-state index contributed by atoms with van der Waals surface area (Å²) in [6.07, 6.45) is 0. The van der Waals surface area contributed by atoms with Crippen LogP contribution < -0.4 is 16.0 Å². The molecule has 0 unspecified atom stereocenters. The van der Waals surface area contributed by atoms with Gasteiger partial charge in [0, 0.05) is 16.3 Å². The lowest BCUT2D eigenvalue weighted by Crippen LogP contribution is -2.86. The molecular formula is C23H23ClN3O2+. The smallest absolute Gasteiger partial charge is 0.279 e. The van der Waals surface area contributed by atoms with Gasteiger partial charge in [-0.15, -0.1) is 0 Å². The van der Waals surface area contributed by atoms with Crippen molar-refractivity contribution in [3.05, 3.63) is 95.0 Å². The summed E-state index contributed by atoms with van der Waals surface area (Å²) in [6.45, 7) is 2.21. The van der Waals surface area contributed by atoms with Crippen LogP contribution in [0.5, 0.6) is 0 Å². The van der Waals surface area contributed by atoms with Gasteiger partial charge in [0.15, 0.2) is 6.54 Å². The Kier molecular flexibility index (Phi) is 7.00. The highest BCUT2D eigenvalue weighted by atomic mass is 35.5. The minimum atomic E-state index is -0.277. The number of carbonyl (C=O) groups excluding carboxylic acids is 2. The quantitative estimate of drug-likeness (QED) is 0.555. The van der Waals surface area contributed by atoms with Crippen LogP contribution in [0, 0.1) is 0 Å². The minimum absolute atomic E-state index is 0.0334. The second kappa shape index (κ2) is 9.87. The topological polar surface area (TPSA) is 74.8 Å². The first kappa shape index (κ1) is 20.6. The van der Waals surface area contributed by atoms with E-state index in [0.717, 1.165) is 5.56 Å². The normalized spacial score (nSPS) is 11.5. The number of benzene rings is 3. The van der Waals surface area contributed by atoms with Crippen LogP contribution in [0.1, 0.15) is 28.9 Å². The van der Waals surface area contributed by atoms with Gasteiger partial charge in [-0.25, -0.2) is 0 Å². The Morgan fingerprint density at radius 3 is 2.31 bits per heavy atom. The van der Waals surface area contributed by atoms with Crippen molar-refractivity contribution in [3.63, 3.8) is 0 Å². The van der Waals surface area contributed by atoms with Crippen molar-refractivity contribution < 1.29 is 14.9 Å². The van der Waals surface area contributed by atoms with Crippen LogP contribution in [0.3, 0.4) is 0 Å². The number of nitrogens with two attached hydrogens (primary N) is 1. The van der Waals surface area contributed by atoms with Crippen LogP contribution >= 0.6 is 11.6 Å². The van der Waals surface area contributed by atoms with Crippen molar-refractivity contribution >= 4 is 34.8 Å². The lowest BCUT2D eigenvalue weighted by molar-refractivity contribution is -0.682. The highest BCUT2D eigenvalue weighted by Gasteiger charge is 2.17. The monoisotopic (exact) mass is 408 g/mol. The second-order valence-electron chi connectivity index (χ2n) is 6.66. The van der Waals surface area contributed by atoms with Gasteiger partial charge in [0.25, 0.3) is 11.8 Å². The zero-order valence-electron chi connectivity index (χ0n) is 16.1. The number of amides is 2. The predicted molar refractivity (Wildman–Crippen MR) is 116 cm³/mol. The molecule has 0 aliphatic rings. The number of hydrogen-bond donors (Lipinski definition) is 3. The molecule has 29 heavy (non-hydrogen) atoms. The van der Waals surface area contributed by atoms with E-state index in [0.29, 0.717) is 22.0 Å². The Hall–Kier alpha value is -3.15. The lowest BCUT2D eigenvalue weighted by atomic mass is 10.1. The minimum Gasteiger partial charge on any atom is -0.332 e. The van der Waals surface area contributed by atoms with E-state index < -0.39 is 0 Å². The highest BCUT2D eigenvalue weighted by Crippen LogP contribution is 2.20. The molecule has 148 valence electrons. The van der Waals surface area contributed by atoms with Gasteiger partial charge in [0.1, 0.15) is 6.04 Å². The van der Waals surface area contributed by atoms with Crippen molar-refractivity contribution in [2.24, 2.45) is 0 Å². The molecule has 0 aliphatic heterocycles. The number of halogens is 1. The number of anilines is 2. The number of nitrogens with one attached hydrogen (secondary N) is 2. The largest absolute Gasteiger partial charge is 0.332 e. The van der Waals surface area contributed by atoms with Crippen LogP contribution in [-0.2, 0) is 4.79 Å². The molecule has 0 spiro atoms. The van der Waals surface area contributed by atoms with Crippen LogP contribution in [0.4, 0.5) is 11.4 Å². The molecule has 5 nitrogen and oxygen atoms in total. The van der Waals surface area contributed by atoms with Gasteiger partial charge in [-0.05, 0) is 37.3 Å². The van der Waals surface area contributed by atoms with E-state index in [4.69, 9.17) is 11.6 Å². The maximum atomic E-state index is 12.6. The third kappa shape index (κ3) is 5.67. The summed E-state index contributed by atoms with van der Waals surface area (Å²) in [5, 5.41) is 8.26. The molecule has 3 aromatic carbocycles. The summed E-state index contributed by atoms with van der Waals surface area (Å²) in [5.41, 5.74) is 2.55. The first-order valence-corrected chi connectivity index (χ1v) is 9.75. The lowest BCUT2D eigenvalue weighted by Gasteiger charge is -2.14. The Bertz CT molecular complexity index is 992. The summed E-state index contributed by atoms with van der Waals surface area (Å²) in [4.78, 5) is 25.1. The summed E-state index contributed by atoms with van der Waals surface area (Å²) in [6, 6.07) is 23.8. The summed E-state index contributed by atoms with van der Waals surface area (Å²) >= 11 is 6.22. The van der Waals surface area contributed by atoms with E-state index in [2.05, 4.69) is 10.6 Å². The number of carbonyl (C=O) groups is 2. The van der Waals surface area contributed by atoms with Crippen molar-refractivity contribution in [1.82, 2.24) is 0 Å². The highest BCUT2D eigenvalue weighted by molar-refractivity contribution is 6.31. The standard InChI is InChI=1S/C23H22ClN3O2/c1-16(18-11-5-7-13-20(18)24)25-15-22(28)27-21-14-8-6-12-19(21)23(29)26-17-9-3-2-4-10-17/h2-14,16,25H,15H2,1H3,(H,26,29)(H,27,28)/p+1/t16-/m0/s1. The molecule has 0 bridgehead atoms. The molecule has 1 atom stereocenters. The molecule has 0 saturated carbocycles. The fourth-order valence-corrected chi connectivity index (χ4v) is 3.27. The molecule has 4 N–H and O–H groups in total. The Labute approximate surface area is 175 Å². The zero-order chi connectivity index (χ0) is 20.6. The maximum absolute atomic E-state index is 12.6. The van der Waals surface area contributed by atoms with E-state index in [1.165, 1.54) is 0 Å².